The van der Waals surface area contributed by atoms with Gasteiger partial charge in [0.1, 0.15) is 17.5 Å². The standard InChI is InChI=1S/C18H24N8O/c1-10(12-4-5-12)21-16-13-6-8-20-15(13)23-18(24-16)22-14-7-9-26(25-14)11(2)17(27)19-3/h6-12H,4-5H2,1-3H3,(H,19,27)(H3,20,21,22,23,24,25)/t10-,11?/m1/s1. The van der Waals surface area contributed by atoms with Crippen LogP contribution in [0.25, 0.3) is 11.0 Å². The summed E-state index contributed by atoms with van der Waals surface area (Å²) in [4.78, 5) is 24.1. The van der Waals surface area contributed by atoms with E-state index in [2.05, 4.69) is 42.9 Å². The van der Waals surface area contributed by atoms with Crippen molar-refractivity contribution in [1.29, 1.82) is 0 Å². The zero-order valence-corrected chi connectivity index (χ0v) is 15.7. The monoisotopic (exact) mass is 368 g/mol. The van der Waals surface area contributed by atoms with Gasteiger partial charge in [-0.2, -0.15) is 15.1 Å². The first kappa shape index (κ1) is 17.3. The van der Waals surface area contributed by atoms with Gasteiger partial charge in [0.05, 0.1) is 5.39 Å². The Morgan fingerprint density at radius 3 is 2.85 bits per heavy atom. The summed E-state index contributed by atoms with van der Waals surface area (Å²) in [6.07, 6.45) is 6.14. The predicted octanol–water partition coefficient (Wildman–Crippen LogP) is 2.42. The lowest BCUT2D eigenvalue weighted by Gasteiger charge is -2.15. The second kappa shape index (κ2) is 6.90. The molecule has 142 valence electrons. The van der Waals surface area contributed by atoms with Crippen molar-refractivity contribution in [2.45, 2.75) is 38.8 Å². The third-order valence-electron chi connectivity index (χ3n) is 4.98. The summed E-state index contributed by atoms with van der Waals surface area (Å²) in [6, 6.07) is 3.75. The van der Waals surface area contributed by atoms with Crippen molar-refractivity contribution in [3.8, 4) is 0 Å². The van der Waals surface area contributed by atoms with Crippen LogP contribution in [0, 0.1) is 5.92 Å². The van der Waals surface area contributed by atoms with E-state index in [0.717, 1.165) is 16.9 Å². The van der Waals surface area contributed by atoms with Crippen LogP contribution in [0.2, 0.25) is 0 Å². The molecule has 1 aliphatic rings. The summed E-state index contributed by atoms with van der Waals surface area (Å²) in [7, 11) is 1.61. The number of amides is 1. The van der Waals surface area contributed by atoms with Crippen molar-refractivity contribution in [2.24, 2.45) is 5.92 Å². The van der Waals surface area contributed by atoms with Gasteiger partial charge >= 0.3 is 0 Å². The van der Waals surface area contributed by atoms with Gasteiger partial charge in [-0.3, -0.25) is 9.48 Å². The average Bonchev–Trinajstić information content (AvgIpc) is 3.24. The van der Waals surface area contributed by atoms with Gasteiger partial charge in [0, 0.05) is 31.5 Å². The van der Waals surface area contributed by atoms with Crippen LogP contribution >= 0.6 is 0 Å². The summed E-state index contributed by atoms with van der Waals surface area (Å²) >= 11 is 0. The summed E-state index contributed by atoms with van der Waals surface area (Å²) in [5, 5.41) is 14.6. The number of likely N-dealkylation sites (N-methyl/N-ethyl adjacent to an activating group) is 1. The Labute approximate surface area is 157 Å². The van der Waals surface area contributed by atoms with E-state index >= 15 is 0 Å². The minimum atomic E-state index is -0.394. The van der Waals surface area contributed by atoms with Crippen molar-refractivity contribution < 1.29 is 4.79 Å². The Hall–Kier alpha value is -3.10. The molecular formula is C18H24N8O. The number of carbonyl (C=O) groups is 1. The largest absolute Gasteiger partial charge is 0.367 e. The van der Waals surface area contributed by atoms with E-state index in [0.29, 0.717) is 23.7 Å². The number of H-pyrrole nitrogens is 1. The number of aromatic amines is 1. The second-order valence-corrected chi connectivity index (χ2v) is 7.00. The maximum absolute atomic E-state index is 11.8. The molecule has 9 nitrogen and oxygen atoms in total. The molecule has 3 aromatic heterocycles. The van der Waals surface area contributed by atoms with Crippen molar-refractivity contribution in [3.63, 3.8) is 0 Å². The number of fused-ring (bicyclic) bond motifs is 1. The quantitative estimate of drug-likeness (QED) is 0.509. The van der Waals surface area contributed by atoms with Gasteiger partial charge in [0.2, 0.25) is 11.9 Å². The third kappa shape index (κ3) is 3.57. The molecule has 2 atom stereocenters. The lowest BCUT2D eigenvalue weighted by Crippen LogP contribution is -2.28. The Kier molecular flexibility index (Phi) is 4.43. The SMILES string of the molecule is CNC(=O)C(C)n1ccc(Nc2nc(N[C@H](C)C3CC3)c3cc[nH]c3n2)n1. The summed E-state index contributed by atoms with van der Waals surface area (Å²) in [6.45, 7) is 3.98. The predicted molar refractivity (Wildman–Crippen MR) is 104 cm³/mol. The Bertz CT molecular complexity index is 957. The second-order valence-electron chi connectivity index (χ2n) is 7.00. The van der Waals surface area contributed by atoms with Crippen LogP contribution in [-0.4, -0.2) is 43.7 Å². The van der Waals surface area contributed by atoms with E-state index in [-0.39, 0.29) is 5.91 Å². The molecule has 9 heteroatoms. The van der Waals surface area contributed by atoms with Crippen LogP contribution < -0.4 is 16.0 Å². The molecule has 0 spiro atoms. The summed E-state index contributed by atoms with van der Waals surface area (Å²) in [5.41, 5.74) is 0.760. The fourth-order valence-electron chi connectivity index (χ4n) is 3.10. The Morgan fingerprint density at radius 2 is 2.11 bits per heavy atom. The van der Waals surface area contributed by atoms with Gasteiger partial charge in [0.15, 0.2) is 5.82 Å². The minimum absolute atomic E-state index is 0.103. The summed E-state index contributed by atoms with van der Waals surface area (Å²) < 4.78 is 1.60. The van der Waals surface area contributed by atoms with Gasteiger partial charge in [0.25, 0.3) is 0 Å². The van der Waals surface area contributed by atoms with Gasteiger partial charge in [-0.05, 0) is 38.7 Å². The number of rotatable bonds is 7. The highest BCUT2D eigenvalue weighted by atomic mass is 16.2. The van der Waals surface area contributed by atoms with Gasteiger partial charge in [-0.1, -0.05) is 0 Å². The molecule has 4 N–H and O–H groups in total. The number of nitrogens with one attached hydrogen (secondary N) is 4. The van der Waals surface area contributed by atoms with E-state index in [4.69, 9.17) is 0 Å². The first-order valence-electron chi connectivity index (χ1n) is 9.20. The Balaban J connectivity index is 1.57. The van der Waals surface area contributed by atoms with Crippen LogP contribution in [0.15, 0.2) is 24.5 Å². The number of hydrogen-bond acceptors (Lipinski definition) is 6. The van der Waals surface area contributed by atoms with Crippen LogP contribution in [-0.2, 0) is 4.79 Å². The normalized spacial score (nSPS) is 16.1. The van der Waals surface area contributed by atoms with E-state index in [9.17, 15) is 4.79 Å². The van der Waals surface area contributed by atoms with Crippen molar-refractivity contribution in [3.05, 3.63) is 24.5 Å². The molecule has 0 aliphatic heterocycles. The van der Waals surface area contributed by atoms with Crippen molar-refractivity contribution in [1.82, 2.24) is 30.0 Å². The molecule has 0 saturated heterocycles. The van der Waals surface area contributed by atoms with Gasteiger partial charge in [-0.25, -0.2) is 0 Å². The van der Waals surface area contributed by atoms with E-state index in [1.807, 2.05) is 12.3 Å². The highest BCUT2D eigenvalue weighted by Gasteiger charge is 2.28. The lowest BCUT2D eigenvalue weighted by atomic mass is 10.2. The molecule has 4 rings (SSSR count). The number of hydrogen-bond donors (Lipinski definition) is 4. The van der Waals surface area contributed by atoms with Crippen molar-refractivity contribution >= 4 is 34.5 Å². The molecule has 0 radical (unpaired) electrons. The van der Waals surface area contributed by atoms with Gasteiger partial charge in [-0.15, -0.1) is 0 Å². The molecule has 27 heavy (non-hydrogen) atoms. The van der Waals surface area contributed by atoms with Crippen molar-refractivity contribution in [2.75, 3.05) is 17.7 Å². The lowest BCUT2D eigenvalue weighted by molar-refractivity contribution is -0.123. The zero-order valence-electron chi connectivity index (χ0n) is 15.7. The average molecular weight is 368 g/mol. The number of aromatic nitrogens is 5. The van der Waals surface area contributed by atoms with Crippen LogP contribution in [0.4, 0.5) is 17.6 Å². The third-order valence-corrected chi connectivity index (χ3v) is 4.98. The van der Waals surface area contributed by atoms with E-state index < -0.39 is 6.04 Å². The van der Waals surface area contributed by atoms with Gasteiger partial charge < -0.3 is 20.9 Å². The zero-order chi connectivity index (χ0) is 19.0. The fraction of sp³-hybridized carbons (Fsp3) is 0.444. The molecule has 0 aromatic carbocycles. The highest BCUT2D eigenvalue weighted by Crippen LogP contribution is 2.34. The Morgan fingerprint density at radius 1 is 1.30 bits per heavy atom. The number of carbonyl (C=O) groups excluding carboxylic acids is 1. The summed E-state index contributed by atoms with van der Waals surface area (Å²) in [5.74, 6) is 2.45. The van der Waals surface area contributed by atoms with E-state index in [1.165, 1.54) is 12.8 Å². The van der Waals surface area contributed by atoms with Crippen LogP contribution in [0.1, 0.15) is 32.7 Å². The highest BCUT2D eigenvalue weighted by molar-refractivity contribution is 5.88. The maximum Gasteiger partial charge on any atom is 0.244 e. The molecule has 1 amide bonds. The topological polar surface area (TPSA) is 113 Å². The molecular weight excluding hydrogens is 344 g/mol. The molecule has 1 saturated carbocycles. The van der Waals surface area contributed by atoms with E-state index in [1.54, 1.807) is 30.9 Å². The first-order valence-corrected chi connectivity index (χ1v) is 9.20. The maximum atomic E-state index is 11.8. The smallest absolute Gasteiger partial charge is 0.244 e. The van der Waals surface area contributed by atoms with Crippen LogP contribution in [0.5, 0.6) is 0 Å². The molecule has 1 unspecified atom stereocenters. The van der Waals surface area contributed by atoms with Crippen LogP contribution in [0.3, 0.4) is 0 Å². The molecule has 1 fully saturated rings. The molecule has 1 aliphatic carbocycles. The fourth-order valence-corrected chi connectivity index (χ4v) is 3.10. The number of nitrogens with zero attached hydrogens (tertiary/aromatic N) is 4. The first-order chi connectivity index (χ1) is 13.0. The minimum Gasteiger partial charge on any atom is -0.367 e. The number of anilines is 3. The molecule has 3 heterocycles. The molecule has 0 bridgehead atoms. The molecule has 3 aromatic rings.